The molecule has 1 fully saturated rings. The minimum Gasteiger partial charge on any atom is -0.492 e. The molecule has 2 amide bonds. The van der Waals surface area contributed by atoms with E-state index in [2.05, 4.69) is 22.4 Å². The predicted octanol–water partition coefficient (Wildman–Crippen LogP) is 1.29. The summed E-state index contributed by atoms with van der Waals surface area (Å²) in [5.41, 5.74) is 3.68. The Labute approximate surface area is 171 Å². The number of aromatic nitrogens is 2. The van der Waals surface area contributed by atoms with Crippen LogP contribution in [-0.2, 0) is 4.79 Å². The molecule has 2 aromatic rings. The number of piperazine rings is 1. The lowest BCUT2D eigenvalue weighted by Crippen LogP contribution is -2.59. The van der Waals surface area contributed by atoms with Crippen molar-refractivity contribution in [2.45, 2.75) is 26.8 Å². The molecule has 8 heteroatoms. The van der Waals surface area contributed by atoms with Crippen LogP contribution in [0.25, 0.3) is 0 Å². The van der Waals surface area contributed by atoms with Crippen LogP contribution in [0.3, 0.4) is 0 Å². The van der Waals surface area contributed by atoms with E-state index < -0.39 is 0 Å². The lowest BCUT2D eigenvalue weighted by atomic mass is 10.1. The third-order valence-electron chi connectivity index (χ3n) is 5.45. The molecule has 1 aromatic heterocycles. The Hall–Kier alpha value is -2.87. The van der Waals surface area contributed by atoms with E-state index in [4.69, 9.17) is 4.74 Å². The molecule has 1 atom stereocenters. The number of aromatic amines is 1. The van der Waals surface area contributed by atoms with Crippen molar-refractivity contribution >= 4 is 11.8 Å². The van der Waals surface area contributed by atoms with Crippen molar-refractivity contribution in [2.24, 2.45) is 0 Å². The molecule has 0 spiro atoms. The molecule has 1 saturated heterocycles. The fourth-order valence-corrected chi connectivity index (χ4v) is 3.34. The van der Waals surface area contributed by atoms with Gasteiger partial charge in [-0.2, -0.15) is 5.10 Å². The van der Waals surface area contributed by atoms with Gasteiger partial charge < -0.3 is 15.0 Å². The molecule has 2 N–H and O–H groups in total. The average Bonchev–Trinajstić information content (AvgIpc) is 3.13. The van der Waals surface area contributed by atoms with Crippen molar-refractivity contribution in [1.82, 2.24) is 25.3 Å². The van der Waals surface area contributed by atoms with E-state index in [1.54, 1.807) is 4.90 Å². The Bertz CT molecular complexity index is 879. The molecule has 8 nitrogen and oxygen atoms in total. The Balaban J connectivity index is 1.50. The van der Waals surface area contributed by atoms with Crippen LogP contribution < -0.4 is 10.1 Å². The van der Waals surface area contributed by atoms with Crippen molar-refractivity contribution in [3.05, 3.63) is 46.8 Å². The van der Waals surface area contributed by atoms with Crippen molar-refractivity contribution < 1.29 is 14.3 Å². The molecule has 2 heterocycles. The summed E-state index contributed by atoms with van der Waals surface area (Å²) in [5.74, 6) is 0.599. The van der Waals surface area contributed by atoms with E-state index in [0.29, 0.717) is 38.3 Å². The first kappa shape index (κ1) is 20.9. The quantitative estimate of drug-likeness (QED) is 0.715. The van der Waals surface area contributed by atoms with Crippen LogP contribution in [0.1, 0.15) is 27.2 Å². The molecule has 0 bridgehead atoms. The molecule has 1 unspecified atom stereocenters. The van der Waals surface area contributed by atoms with E-state index >= 15 is 0 Å². The second-order valence-corrected chi connectivity index (χ2v) is 7.54. The first-order valence-corrected chi connectivity index (χ1v) is 9.84. The lowest BCUT2D eigenvalue weighted by molar-refractivity contribution is -0.127. The minimum absolute atomic E-state index is 0.0970. The monoisotopic (exact) mass is 399 g/mol. The van der Waals surface area contributed by atoms with E-state index in [1.165, 1.54) is 17.3 Å². The maximum atomic E-state index is 12.7. The standard InChI is InChI=1S/C21H29N5O3/c1-14-5-6-17(11-15(14)2)29-10-7-22-20(27)19-13-26(9-8-25(19)4)21(28)18-12-23-24-16(18)3/h5-6,11-12,19H,7-10,13H2,1-4H3,(H,22,27)(H,23,24). The third kappa shape index (κ3) is 4.95. The summed E-state index contributed by atoms with van der Waals surface area (Å²) in [6.07, 6.45) is 1.54. The largest absolute Gasteiger partial charge is 0.492 e. The Morgan fingerprint density at radius 3 is 2.72 bits per heavy atom. The normalized spacial score (nSPS) is 17.2. The molecule has 0 radical (unpaired) electrons. The number of rotatable bonds is 6. The summed E-state index contributed by atoms with van der Waals surface area (Å²) >= 11 is 0. The number of H-pyrrole nitrogens is 1. The summed E-state index contributed by atoms with van der Waals surface area (Å²) < 4.78 is 5.72. The Morgan fingerprint density at radius 2 is 2.03 bits per heavy atom. The van der Waals surface area contributed by atoms with Gasteiger partial charge in [0.15, 0.2) is 0 Å². The SMILES string of the molecule is Cc1ccc(OCCNC(=O)C2CN(C(=O)c3cn[nH]c3C)CCN2C)cc1C. The van der Waals surface area contributed by atoms with Crippen LogP contribution in [0.15, 0.2) is 24.4 Å². The highest BCUT2D eigenvalue weighted by molar-refractivity contribution is 5.95. The number of nitrogens with zero attached hydrogens (tertiary/aromatic N) is 3. The molecule has 1 aromatic carbocycles. The number of nitrogens with one attached hydrogen (secondary N) is 2. The molecule has 0 aliphatic carbocycles. The van der Waals surface area contributed by atoms with Gasteiger partial charge in [-0.15, -0.1) is 0 Å². The number of carbonyl (C=O) groups is 2. The number of likely N-dealkylation sites (N-methyl/N-ethyl adjacent to an activating group) is 1. The minimum atomic E-state index is -0.387. The molecule has 1 aliphatic rings. The molecular weight excluding hydrogens is 370 g/mol. The topological polar surface area (TPSA) is 90.6 Å². The second-order valence-electron chi connectivity index (χ2n) is 7.54. The molecule has 29 heavy (non-hydrogen) atoms. The van der Waals surface area contributed by atoms with Crippen molar-refractivity contribution in [2.75, 3.05) is 39.8 Å². The zero-order chi connectivity index (χ0) is 21.0. The molecular formula is C21H29N5O3. The predicted molar refractivity (Wildman–Crippen MR) is 110 cm³/mol. The summed E-state index contributed by atoms with van der Waals surface area (Å²) in [6.45, 7) is 8.29. The number of ether oxygens (including phenoxy) is 1. The third-order valence-corrected chi connectivity index (χ3v) is 5.45. The van der Waals surface area contributed by atoms with Gasteiger partial charge >= 0.3 is 0 Å². The zero-order valence-corrected chi connectivity index (χ0v) is 17.5. The average molecular weight is 399 g/mol. The first-order valence-electron chi connectivity index (χ1n) is 9.84. The number of amides is 2. The van der Waals surface area contributed by atoms with E-state index in [0.717, 1.165) is 11.4 Å². The highest BCUT2D eigenvalue weighted by atomic mass is 16.5. The molecule has 156 valence electrons. The highest BCUT2D eigenvalue weighted by Gasteiger charge is 2.33. The van der Waals surface area contributed by atoms with E-state index in [9.17, 15) is 9.59 Å². The number of hydrogen-bond donors (Lipinski definition) is 2. The van der Waals surface area contributed by atoms with Crippen LogP contribution in [-0.4, -0.2) is 77.7 Å². The van der Waals surface area contributed by atoms with Gasteiger partial charge in [-0.25, -0.2) is 0 Å². The summed E-state index contributed by atoms with van der Waals surface area (Å²) in [4.78, 5) is 29.1. The van der Waals surface area contributed by atoms with Crippen molar-refractivity contribution in [1.29, 1.82) is 0 Å². The van der Waals surface area contributed by atoms with Crippen molar-refractivity contribution in [3.8, 4) is 5.75 Å². The van der Waals surface area contributed by atoms with Crippen LogP contribution in [0.2, 0.25) is 0 Å². The zero-order valence-electron chi connectivity index (χ0n) is 17.5. The number of aryl methyl sites for hydroxylation is 3. The van der Waals surface area contributed by atoms with Crippen LogP contribution in [0.4, 0.5) is 0 Å². The number of benzene rings is 1. The molecule has 3 rings (SSSR count). The summed E-state index contributed by atoms with van der Waals surface area (Å²) in [7, 11) is 1.90. The maximum absolute atomic E-state index is 12.7. The second kappa shape index (κ2) is 9.09. The Kier molecular flexibility index (Phi) is 6.53. The van der Waals surface area contributed by atoms with Crippen LogP contribution in [0.5, 0.6) is 5.75 Å². The van der Waals surface area contributed by atoms with Gasteiger partial charge in [-0.1, -0.05) is 6.07 Å². The van der Waals surface area contributed by atoms with Gasteiger partial charge in [0, 0.05) is 25.3 Å². The fourth-order valence-electron chi connectivity index (χ4n) is 3.34. The molecule has 1 aliphatic heterocycles. The maximum Gasteiger partial charge on any atom is 0.257 e. The highest BCUT2D eigenvalue weighted by Crippen LogP contribution is 2.16. The van der Waals surface area contributed by atoms with Gasteiger partial charge in [0.25, 0.3) is 5.91 Å². The van der Waals surface area contributed by atoms with E-state index in [1.807, 2.05) is 44.0 Å². The van der Waals surface area contributed by atoms with Gasteiger partial charge in [0.1, 0.15) is 18.4 Å². The smallest absolute Gasteiger partial charge is 0.257 e. The van der Waals surface area contributed by atoms with E-state index in [-0.39, 0.29) is 17.9 Å². The first-order chi connectivity index (χ1) is 13.9. The number of hydrogen-bond acceptors (Lipinski definition) is 5. The van der Waals surface area contributed by atoms with Crippen LogP contribution >= 0.6 is 0 Å². The van der Waals surface area contributed by atoms with Gasteiger partial charge in [0.05, 0.1) is 18.3 Å². The molecule has 0 saturated carbocycles. The van der Waals surface area contributed by atoms with Crippen molar-refractivity contribution in [3.63, 3.8) is 0 Å². The van der Waals surface area contributed by atoms with Gasteiger partial charge in [-0.3, -0.25) is 19.6 Å². The van der Waals surface area contributed by atoms with Gasteiger partial charge in [-0.05, 0) is 51.1 Å². The Morgan fingerprint density at radius 1 is 1.24 bits per heavy atom. The van der Waals surface area contributed by atoms with Gasteiger partial charge in [0.2, 0.25) is 5.91 Å². The fraction of sp³-hybridized carbons (Fsp3) is 0.476. The lowest BCUT2D eigenvalue weighted by Gasteiger charge is -2.38. The van der Waals surface area contributed by atoms with Crippen LogP contribution in [0, 0.1) is 20.8 Å². The summed E-state index contributed by atoms with van der Waals surface area (Å²) in [6, 6.07) is 5.56. The summed E-state index contributed by atoms with van der Waals surface area (Å²) in [5, 5.41) is 9.62. The number of carbonyl (C=O) groups excluding carboxylic acids is 2.